The Bertz CT molecular complexity index is 1690. The van der Waals surface area contributed by atoms with Gasteiger partial charge in [0.1, 0.15) is 11.4 Å². The number of ether oxygens (including phenoxy) is 1. The average Bonchev–Trinajstić information content (AvgIpc) is 3.56. The van der Waals surface area contributed by atoms with E-state index in [9.17, 15) is 14.7 Å². The van der Waals surface area contributed by atoms with Gasteiger partial charge in [0, 0.05) is 45.9 Å². The van der Waals surface area contributed by atoms with Crippen molar-refractivity contribution in [2.45, 2.75) is 52.0 Å². The molecule has 0 bridgehead atoms. The molecule has 0 spiro atoms. The highest BCUT2D eigenvalue weighted by Gasteiger charge is 2.31. The molecule has 2 aliphatic heterocycles. The summed E-state index contributed by atoms with van der Waals surface area (Å²) in [5.41, 5.74) is 6.66. The zero-order valence-electron chi connectivity index (χ0n) is 22.4. The normalized spacial score (nSPS) is 16.4. The Labute approximate surface area is 233 Å². The summed E-state index contributed by atoms with van der Waals surface area (Å²) >= 11 is 0. The van der Waals surface area contributed by atoms with Gasteiger partial charge in [-0.3, -0.25) is 14.3 Å². The van der Waals surface area contributed by atoms with Gasteiger partial charge >= 0.3 is 0 Å². The predicted molar refractivity (Wildman–Crippen MR) is 153 cm³/mol. The van der Waals surface area contributed by atoms with Crippen LogP contribution in [0.2, 0.25) is 0 Å². The zero-order valence-corrected chi connectivity index (χ0v) is 22.4. The number of aromatic nitrogens is 5. The zero-order chi connectivity index (χ0) is 27.4. The number of benzene rings is 1. The van der Waals surface area contributed by atoms with Gasteiger partial charge in [-0.2, -0.15) is 10.2 Å². The lowest BCUT2D eigenvalue weighted by atomic mass is 9.98. The van der Waals surface area contributed by atoms with Crippen LogP contribution in [0.5, 0.6) is 0 Å². The quantitative estimate of drug-likeness (QED) is 0.395. The van der Waals surface area contributed by atoms with Gasteiger partial charge in [-0.05, 0) is 49.4 Å². The molecule has 0 saturated heterocycles. The van der Waals surface area contributed by atoms with Gasteiger partial charge in [0.25, 0.3) is 11.5 Å². The number of nitrogens with zero attached hydrogens (tertiary/aromatic N) is 6. The van der Waals surface area contributed by atoms with E-state index >= 15 is 0 Å². The van der Waals surface area contributed by atoms with Crippen LogP contribution in [-0.2, 0) is 50.9 Å². The van der Waals surface area contributed by atoms with Crippen LogP contribution in [0.25, 0.3) is 11.3 Å². The minimum absolute atomic E-state index is 0. The number of rotatable bonds is 5. The van der Waals surface area contributed by atoms with E-state index in [1.165, 1.54) is 15.9 Å². The van der Waals surface area contributed by atoms with E-state index in [1.54, 1.807) is 18.0 Å². The Kier molecular flexibility index (Phi) is 6.05. The molecule has 0 saturated carbocycles. The van der Waals surface area contributed by atoms with Gasteiger partial charge in [0.05, 0.1) is 43.4 Å². The molecule has 1 aliphatic carbocycles. The molecule has 2 N–H and O–H groups in total. The van der Waals surface area contributed by atoms with Gasteiger partial charge in [-0.25, -0.2) is 4.68 Å². The molecule has 5 heterocycles. The molecular formula is C29H35N7O4. The van der Waals surface area contributed by atoms with Gasteiger partial charge in [-0.15, -0.1) is 0 Å². The van der Waals surface area contributed by atoms with E-state index < -0.39 is 0 Å². The van der Waals surface area contributed by atoms with Crippen molar-refractivity contribution in [2.75, 3.05) is 23.4 Å². The molecule has 3 aliphatic rings. The number of aliphatic hydroxyl groups is 1. The van der Waals surface area contributed by atoms with E-state index in [0.717, 1.165) is 37.9 Å². The Morgan fingerprint density at radius 1 is 1.07 bits per heavy atom. The summed E-state index contributed by atoms with van der Waals surface area (Å²) in [6.07, 6.45) is 4.35. The maximum atomic E-state index is 13.7. The Morgan fingerprint density at radius 2 is 1.95 bits per heavy atom. The summed E-state index contributed by atoms with van der Waals surface area (Å²) < 4.78 is 10.8. The van der Waals surface area contributed by atoms with Crippen molar-refractivity contribution in [3.05, 3.63) is 75.0 Å². The standard InChI is InChI=1S/C29H31N7O4.2H2/c1-33-28(38)23(30-27-14-19-17-40-12-11-36(19)32-27)15-22(31-33)20-6-4-8-25(21(20)16-37)35-10-9-34-24-7-3-2-5-18(24)13-26(34)29(35)39;;/h4,6,8,13-15,37H,2-3,5,7,9-12,16-17H2,1H3,(H,30,32);2*1H. The van der Waals surface area contributed by atoms with Crippen molar-refractivity contribution in [1.82, 2.24) is 24.1 Å². The summed E-state index contributed by atoms with van der Waals surface area (Å²) in [6, 6.07) is 11.2. The molecule has 11 heteroatoms. The molecular weight excluding hydrogens is 510 g/mol. The van der Waals surface area contributed by atoms with E-state index in [0.29, 0.717) is 66.0 Å². The van der Waals surface area contributed by atoms with Gasteiger partial charge in [-0.1, -0.05) is 12.1 Å². The molecule has 11 nitrogen and oxygen atoms in total. The minimum Gasteiger partial charge on any atom is -0.392 e. The second-order valence-corrected chi connectivity index (χ2v) is 10.6. The summed E-state index contributed by atoms with van der Waals surface area (Å²) in [6.45, 7) is 2.69. The van der Waals surface area contributed by atoms with Crippen LogP contribution >= 0.6 is 0 Å². The van der Waals surface area contributed by atoms with Crippen LogP contribution in [0.15, 0.2) is 41.2 Å². The number of carbonyl (C=O) groups is 1. The van der Waals surface area contributed by atoms with Crippen molar-refractivity contribution < 1.29 is 17.5 Å². The third-order valence-electron chi connectivity index (χ3n) is 8.18. The van der Waals surface area contributed by atoms with E-state index in [4.69, 9.17) is 4.74 Å². The summed E-state index contributed by atoms with van der Waals surface area (Å²) in [5, 5.41) is 22.7. The molecule has 0 radical (unpaired) electrons. The lowest BCUT2D eigenvalue weighted by molar-refractivity contribution is 0.0801. The number of hydrogen-bond donors (Lipinski definition) is 2. The predicted octanol–water partition coefficient (Wildman–Crippen LogP) is 3.24. The van der Waals surface area contributed by atoms with Crippen LogP contribution in [0.3, 0.4) is 0 Å². The van der Waals surface area contributed by atoms with E-state index in [-0.39, 0.29) is 20.9 Å². The Hall–Kier alpha value is -4.22. The number of amides is 1. The maximum absolute atomic E-state index is 13.7. The van der Waals surface area contributed by atoms with Crippen molar-refractivity contribution >= 4 is 23.1 Å². The fourth-order valence-corrected chi connectivity index (χ4v) is 6.22. The highest BCUT2D eigenvalue weighted by molar-refractivity contribution is 6.07. The van der Waals surface area contributed by atoms with Crippen LogP contribution < -0.4 is 15.8 Å². The molecule has 4 aromatic rings. The smallest absolute Gasteiger partial charge is 0.290 e. The number of anilines is 3. The third kappa shape index (κ3) is 4.04. The number of hydrogen-bond acceptors (Lipinski definition) is 7. The summed E-state index contributed by atoms with van der Waals surface area (Å²) in [7, 11) is 1.59. The molecule has 40 heavy (non-hydrogen) atoms. The van der Waals surface area contributed by atoms with Crippen molar-refractivity contribution in [3.8, 4) is 11.3 Å². The highest BCUT2D eigenvalue weighted by atomic mass is 16.5. The van der Waals surface area contributed by atoms with E-state index in [2.05, 4.69) is 26.1 Å². The maximum Gasteiger partial charge on any atom is 0.290 e. The summed E-state index contributed by atoms with van der Waals surface area (Å²) in [5.74, 6) is 0.492. The SMILES string of the molecule is Cn1nc(-c2cccc(N3CCn4c(cc5c4CCCC5)C3=O)c2CO)cc(Nc2cc3n(n2)CCOC3)c1=O.[HH].[HH]. The van der Waals surface area contributed by atoms with Crippen molar-refractivity contribution in [2.24, 2.45) is 7.05 Å². The van der Waals surface area contributed by atoms with Crippen LogP contribution in [0, 0.1) is 0 Å². The Balaban J connectivity index is 0.00000176. The molecule has 1 amide bonds. The van der Waals surface area contributed by atoms with Crippen molar-refractivity contribution in [3.63, 3.8) is 0 Å². The first-order chi connectivity index (χ1) is 19.5. The van der Waals surface area contributed by atoms with Crippen LogP contribution in [-0.4, -0.2) is 48.3 Å². The molecule has 3 aromatic heterocycles. The highest BCUT2D eigenvalue weighted by Crippen LogP contribution is 2.35. The number of carbonyl (C=O) groups excluding carboxylic acids is 1. The molecule has 7 rings (SSSR count). The number of fused-ring (bicyclic) bond motifs is 4. The number of aryl methyl sites for hydroxylation is 2. The molecule has 0 atom stereocenters. The molecule has 0 fully saturated rings. The lowest BCUT2D eigenvalue weighted by Crippen LogP contribution is -2.41. The second-order valence-electron chi connectivity index (χ2n) is 10.6. The fraction of sp³-hybridized carbons (Fsp3) is 0.379. The van der Waals surface area contributed by atoms with E-state index in [1.807, 2.05) is 28.9 Å². The summed E-state index contributed by atoms with van der Waals surface area (Å²) in [4.78, 5) is 28.5. The molecule has 210 valence electrons. The van der Waals surface area contributed by atoms with Gasteiger partial charge in [0.2, 0.25) is 0 Å². The van der Waals surface area contributed by atoms with Crippen LogP contribution in [0.1, 0.15) is 48.7 Å². The van der Waals surface area contributed by atoms with Crippen molar-refractivity contribution in [1.29, 1.82) is 0 Å². The molecule has 1 aromatic carbocycles. The average molecular weight is 546 g/mol. The first-order valence-electron chi connectivity index (χ1n) is 13.8. The second kappa shape index (κ2) is 9.76. The fourth-order valence-electron chi connectivity index (χ4n) is 6.22. The minimum atomic E-state index is -0.302. The lowest BCUT2D eigenvalue weighted by Gasteiger charge is -2.31. The molecule has 0 unspecified atom stereocenters. The number of nitrogens with one attached hydrogen (secondary N) is 1. The monoisotopic (exact) mass is 545 g/mol. The largest absolute Gasteiger partial charge is 0.392 e. The first kappa shape index (κ1) is 24.8. The Morgan fingerprint density at radius 3 is 2.80 bits per heavy atom. The van der Waals surface area contributed by atoms with Gasteiger partial charge < -0.3 is 24.6 Å². The third-order valence-corrected chi connectivity index (χ3v) is 8.18. The van der Waals surface area contributed by atoms with Gasteiger partial charge in [0.15, 0.2) is 5.82 Å². The number of aliphatic hydroxyl groups excluding tert-OH is 1. The topological polar surface area (TPSA) is 119 Å². The van der Waals surface area contributed by atoms with Crippen LogP contribution in [0.4, 0.5) is 17.2 Å². The first-order valence-corrected chi connectivity index (χ1v) is 13.8.